The van der Waals surface area contributed by atoms with Crippen molar-refractivity contribution in [2.45, 2.75) is 6.92 Å². The summed E-state index contributed by atoms with van der Waals surface area (Å²) >= 11 is 0. The Bertz CT molecular complexity index is 563. The van der Waals surface area contributed by atoms with E-state index in [9.17, 15) is 0 Å². The maximum Gasteiger partial charge on any atom is 0.125 e. The van der Waals surface area contributed by atoms with Gasteiger partial charge in [-0.1, -0.05) is 0 Å². The molecule has 0 bridgehead atoms. The van der Waals surface area contributed by atoms with Gasteiger partial charge in [-0.25, -0.2) is 4.99 Å². The fourth-order valence-corrected chi connectivity index (χ4v) is 1.62. The van der Waals surface area contributed by atoms with Crippen molar-refractivity contribution in [1.82, 2.24) is 4.98 Å². The minimum atomic E-state index is 0.397. The lowest BCUT2D eigenvalue weighted by Gasteiger charge is -1.96. The Morgan fingerprint density at radius 2 is 2.19 bits per heavy atom. The van der Waals surface area contributed by atoms with Crippen LogP contribution < -0.4 is 11.5 Å². The van der Waals surface area contributed by atoms with Crippen LogP contribution in [-0.2, 0) is 0 Å². The van der Waals surface area contributed by atoms with Crippen LogP contribution in [0.1, 0.15) is 5.69 Å². The van der Waals surface area contributed by atoms with E-state index in [1.165, 1.54) is 6.20 Å². The lowest BCUT2D eigenvalue weighted by atomic mass is 10.2. The number of aliphatic imine (C=N–C) groups is 1. The number of hydrogen-bond acceptors (Lipinski definition) is 2. The molecule has 0 saturated heterocycles. The Morgan fingerprint density at radius 3 is 2.94 bits per heavy atom. The number of rotatable bonds is 2. The number of aromatic amines is 1. The Labute approximate surface area is 93.7 Å². The number of benzene rings is 1. The average molecular weight is 214 g/mol. The lowest BCUT2D eigenvalue weighted by Crippen LogP contribution is -2.07. The highest BCUT2D eigenvalue weighted by Gasteiger charge is 1.98. The zero-order valence-corrected chi connectivity index (χ0v) is 9.07. The lowest BCUT2D eigenvalue weighted by molar-refractivity contribution is 1.30. The molecule has 0 aliphatic heterocycles. The summed E-state index contributed by atoms with van der Waals surface area (Å²) in [5, 5.41) is 1.13. The van der Waals surface area contributed by atoms with E-state index in [-0.39, 0.29) is 0 Å². The summed E-state index contributed by atoms with van der Waals surface area (Å²) in [4.78, 5) is 7.47. The summed E-state index contributed by atoms with van der Waals surface area (Å²) < 4.78 is 0. The molecule has 0 unspecified atom stereocenters. The van der Waals surface area contributed by atoms with Crippen molar-refractivity contribution >= 4 is 22.4 Å². The number of hydrogen-bond donors (Lipinski definition) is 3. The number of nitrogens with two attached hydrogens (primary N) is 2. The second-order valence-electron chi connectivity index (χ2n) is 3.62. The van der Waals surface area contributed by atoms with Crippen LogP contribution in [0.5, 0.6) is 0 Å². The molecule has 0 saturated carbocycles. The van der Waals surface area contributed by atoms with Crippen molar-refractivity contribution < 1.29 is 0 Å². The van der Waals surface area contributed by atoms with Crippen molar-refractivity contribution in [3.63, 3.8) is 0 Å². The SMILES string of the molecule is Cc1cc2cc(N=C(N)C=CN)ccc2[nH]1. The Kier molecular flexibility index (Phi) is 2.64. The van der Waals surface area contributed by atoms with Gasteiger partial charge in [0, 0.05) is 16.6 Å². The van der Waals surface area contributed by atoms with Gasteiger partial charge in [0.2, 0.25) is 0 Å². The third kappa shape index (κ3) is 2.06. The van der Waals surface area contributed by atoms with E-state index in [1.54, 1.807) is 6.08 Å². The number of aromatic nitrogens is 1. The van der Waals surface area contributed by atoms with Crippen LogP contribution in [0, 0.1) is 6.92 Å². The molecule has 2 aromatic rings. The van der Waals surface area contributed by atoms with Gasteiger partial charge in [-0.15, -0.1) is 0 Å². The topological polar surface area (TPSA) is 80.2 Å². The number of nitrogens with one attached hydrogen (secondary N) is 1. The predicted octanol–water partition coefficient (Wildman–Crippen LogP) is 1.94. The summed E-state index contributed by atoms with van der Waals surface area (Å²) in [6.07, 6.45) is 2.93. The van der Waals surface area contributed by atoms with Crippen LogP contribution in [0.2, 0.25) is 0 Å². The molecule has 5 N–H and O–H groups in total. The summed E-state index contributed by atoms with van der Waals surface area (Å²) in [5.41, 5.74) is 13.9. The molecule has 0 amide bonds. The maximum absolute atomic E-state index is 5.64. The van der Waals surface area contributed by atoms with Gasteiger partial charge in [-0.05, 0) is 43.5 Å². The third-order valence-electron chi connectivity index (χ3n) is 2.26. The Morgan fingerprint density at radius 1 is 1.38 bits per heavy atom. The number of nitrogens with zero attached hydrogens (tertiary/aromatic N) is 1. The number of amidine groups is 1. The van der Waals surface area contributed by atoms with Crippen molar-refractivity contribution in [2.24, 2.45) is 16.5 Å². The predicted molar refractivity (Wildman–Crippen MR) is 67.6 cm³/mol. The van der Waals surface area contributed by atoms with Gasteiger partial charge < -0.3 is 16.5 Å². The second kappa shape index (κ2) is 4.10. The minimum absolute atomic E-state index is 0.397. The fourth-order valence-electron chi connectivity index (χ4n) is 1.62. The largest absolute Gasteiger partial charge is 0.404 e. The molecule has 0 radical (unpaired) electrons. The van der Waals surface area contributed by atoms with Crippen molar-refractivity contribution in [1.29, 1.82) is 0 Å². The summed E-state index contributed by atoms with van der Waals surface area (Å²) in [7, 11) is 0. The van der Waals surface area contributed by atoms with E-state index >= 15 is 0 Å². The van der Waals surface area contributed by atoms with E-state index in [0.717, 1.165) is 22.3 Å². The molecule has 82 valence electrons. The Balaban J connectivity index is 2.42. The normalized spacial score (nSPS) is 12.7. The average Bonchev–Trinajstić information content (AvgIpc) is 2.57. The van der Waals surface area contributed by atoms with Crippen LogP contribution in [-0.4, -0.2) is 10.8 Å². The van der Waals surface area contributed by atoms with Crippen molar-refractivity contribution in [2.75, 3.05) is 0 Å². The zero-order valence-electron chi connectivity index (χ0n) is 9.07. The van der Waals surface area contributed by atoms with Crippen molar-refractivity contribution in [3.05, 3.63) is 42.2 Å². The first-order valence-corrected chi connectivity index (χ1v) is 5.01. The van der Waals surface area contributed by atoms with E-state index in [2.05, 4.69) is 16.0 Å². The molecule has 0 atom stereocenters. The highest BCUT2D eigenvalue weighted by molar-refractivity contribution is 5.94. The number of fused-ring (bicyclic) bond motifs is 1. The van der Waals surface area contributed by atoms with Gasteiger partial charge in [0.25, 0.3) is 0 Å². The molecule has 1 aromatic heterocycles. The van der Waals surface area contributed by atoms with Gasteiger partial charge >= 0.3 is 0 Å². The molecule has 1 heterocycles. The highest BCUT2D eigenvalue weighted by atomic mass is 14.8. The summed E-state index contributed by atoms with van der Waals surface area (Å²) in [6.45, 7) is 2.02. The molecule has 4 heteroatoms. The van der Waals surface area contributed by atoms with E-state index < -0.39 is 0 Å². The number of aryl methyl sites for hydroxylation is 1. The molecule has 0 fully saturated rings. The molecule has 1 aromatic carbocycles. The first-order valence-electron chi connectivity index (χ1n) is 5.01. The maximum atomic E-state index is 5.64. The van der Waals surface area contributed by atoms with Gasteiger partial charge in [-0.2, -0.15) is 0 Å². The third-order valence-corrected chi connectivity index (χ3v) is 2.26. The summed E-state index contributed by atoms with van der Waals surface area (Å²) in [6, 6.07) is 7.95. The molecule has 0 spiro atoms. The van der Waals surface area contributed by atoms with Crippen LogP contribution in [0.25, 0.3) is 10.9 Å². The Hall–Kier alpha value is -2.23. The molecule has 0 aliphatic rings. The molecular formula is C12H14N4. The first kappa shape index (κ1) is 10.3. The molecule has 4 nitrogen and oxygen atoms in total. The quantitative estimate of drug-likeness (QED) is 0.527. The molecule has 0 aliphatic carbocycles. The fraction of sp³-hybridized carbons (Fsp3) is 0.0833. The van der Waals surface area contributed by atoms with Crippen LogP contribution in [0.3, 0.4) is 0 Å². The van der Waals surface area contributed by atoms with E-state index in [0.29, 0.717) is 5.84 Å². The van der Waals surface area contributed by atoms with E-state index in [4.69, 9.17) is 11.5 Å². The molecule has 2 rings (SSSR count). The zero-order chi connectivity index (χ0) is 11.5. The molecular weight excluding hydrogens is 200 g/mol. The second-order valence-corrected chi connectivity index (χ2v) is 3.62. The van der Waals surface area contributed by atoms with Crippen molar-refractivity contribution in [3.8, 4) is 0 Å². The summed E-state index contributed by atoms with van der Waals surface area (Å²) in [5.74, 6) is 0.397. The minimum Gasteiger partial charge on any atom is -0.404 e. The van der Waals surface area contributed by atoms with Crippen LogP contribution in [0.4, 0.5) is 5.69 Å². The smallest absolute Gasteiger partial charge is 0.125 e. The van der Waals surface area contributed by atoms with Gasteiger partial charge in [0.1, 0.15) is 5.84 Å². The number of H-pyrrole nitrogens is 1. The van der Waals surface area contributed by atoms with Gasteiger partial charge in [-0.3, -0.25) is 0 Å². The monoisotopic (exact) mass is 214 g/mol. The van der Waals surface area contributed by atoms with Gasteiger partial charge in [0.05, 0.1) is 5.69 Å². The first-order chi connectivity index (χ1) is 7.69. The highest BCUT2D eigenvalue weighted by Crippen LogP contribution is 2.21. The van der Waals surface area contributed by atoms with E-state index in [1.807, 2.05) is 25.1 Å². The standard InChI is InChI=1S/C12H14N4/c1-8-6-9-7-10(2-3-11(9)15-8)16-12(14)4-5-13/h2-7,15H,13H2,1H3,(H2,14,16). The van der Waals surface area contributed by atoms with Gasteiger partial charge in [0.15, 0.2) is 0 Å². The van der Waals surface area contributed by atoms with Crippen LogP contribution in [0.15, 0.2) is 41.5 Å². The van der Waals surface area contributed by atoms with Crippen LogP contribution >= 0.6 is 0 Å². The molecule has 16 heavy (non-hydrogen) atoms.